The van der Waals surface area contributed by atoms with Crippen LogP contribution in [0.1, 0.15) is 104 Å². The molecule has 4 bridgehead atoms. The zero-order valence-corrected chi connectivity index (χ0v) is 35.7. The molecule has 8 aromatic rings. The van der Waals surface area contributed by atoms with Crippen LogP contribution in [0.25, 0.3) is 66.4 Å². The molecule has 4 aliphatic carbocycles. The number of benzene rings is 5. The van der Waals surface area contributed by atoms with Crippen LogP contribution in [-0.2, 0) is 10.8 Å². The van der Waals surface area contributed by atoms with Gasteiger partial charge in [-0.15, -0.1) is 0 Å². The van der Waals surface area contributed by atoms with Crippen LogP contribution < -0.4 is 0 Å². The maximum Gasteiger partial charge on any atom is 0.165 e. The van der Waals surface area contributed by atoms with Gasteiger partial charge in [0.1, 0.15) is 11.6 Å². The molecule has 4 unspecified atom stereocenters. The van der Waals surface area contributed by atoms with Crippen LogP contribution in [0.2, 0.25) is 0 Å². The molecule has 60 heavy (non-hydrogen) atoms. The van der Waals surface area contributed by atoms with E-state index in [2.05, 4.69) is 152 Å². The summed E-state index contributed by atoms with van der Waals surface area (Å²) in [4.78, 5) is 17.4. The summed E-state index contributed by atoms with van der Waals surface area (Å²) in [6.07, 6.45) is 12.5. The zero-order chi connectivity index (χ0) is 40.3. The van der Waals surface area contributed by atoms with Gasteiger partial charge in [0, 0.05) is 43.6 Å². The molecule has 0 N–H and O–H groups in total. The lowest BCUT2D eigenvalue weighted by molar-refractivity contribution is 0.0635. The number of hydrogen-bond donors (Lipinski definition) is 0. The minimum Gasteiger partial charge on any atom is -0.309 e. The Morgan fingerprint density at radius 3 is 1.58 bits per heavy atom. The SMILES string of the molecule is C[C@@H]1CC2C[C@H](C)CC(c3nc(-c4ccccc4-n4c5ccccc5c5ccc6c(c7ccccc7n6-c6ccccc6)c54)nc(C45CC(C[C@@H](C)C4)C[C@H](C)C5)n3)(C2)C1. The van der Waals surface area contributed by atoms with Crippen LogP contribution in [0.3, 0.4) is 0 Å². The Morgan fingerprint density at radius 1 is 0.450 bits per heavy atom. The zero-order valence-electron chi connectivity index (χ0n) is 35.7. The second-order valence-corrected chi connectivity index (χ2v) is 20.6. The van der Waals surface area contributed by atoms with Crippen molar-refractivity contribution in [3.05, 3.63) is 127 Å². The van der Waals surface area contributed by atoms with E-state index in [1.54, 1.807) is 0 Å². The van der Waals surface area contributed by atoms with Crippen molar-refractivity contribution in [2.45, 2.75) is 103 Å². The van der Waals surface area contributed by atoms with Crippen molar-refractivity contribution >= 4 is 43.6 Å². The molecule has 302 valence electrons. The summed E-state index contributed by atoms with van der Waals surface area (Å²) >= 11 is 0. The fraction of sp³-hybridized carbons (Fsp3) is 0.400. The molecule has 4 saturated carbocycles. The Balaban J connectivity index is 1.15. The average Bonchev–Trinajstić information content (AvgIpc) is 3.76. The molecule has 0 amide bonds. The van der Waals surface area contributed by atoms with Crippen LogP contribution in [-0.4, -0.2) is 24.1 Å². The monoisotopic (exact) mass is 787 g/mol. The topological polar surface area (TPSA) is 48.5 Å². The molecule has 4 aliphatic rings. The van der Waals surface area contributed by atoms with E-state index in [0.29, 0.717) is 23.7 Å². The predicted molar refractivity (Wildman–Crippen MR) is 247 cm³/mol. The van der Waals surface area contributed by atoms with Crippen molar-refractivity contribution in [1.82, 2.24) is 24.1 Å². The number of rotatable bonds is 5. The standard InChI is InChI=1S/C55H57N5/c1-34-24-38-25-35(2)29-54(28-34,32-38)52-56-51(57-53(58-52)55-30-36(3)26-39(33-55)27-37(4)31-55)44-18-10-13-21-47(44)60-45-19-11-8-16-41(45)42-22-23-48-49(50(42)60)43-17-9-12-20-46(43)59(48)40-14-6-5-7-15-40/h5-23,34-39H,24-33H2,1-4H3/t34-,35+,36-,37+,38?,39?,54?,55?. The van der Waals surface area contributed by atoms with Crippen molar-refractivity contribution in [1.29, 1.82) is 0 Å². The van der Waals surface area contributed by atoms with Gasteiger partial charge in [-0.3, -0.25) is 0 Å². The molecule has 0 aliphatic heterocycles. The average molecular weight is 788 g/mol. The van der Waals surface area contributed by atoms with Gasteiger partial charge in [0.15, 0.2) is 5.82 Å². The smallest absolute Gasteiger partial charge is 0.165 e. The molecule has 0 spiro atoms. The van der Waals surface area contributed by atoms with Crippen LogP contribution in [0.15, 0.2) is 115 Å². The normalized spacial score (nSPS) is 29.1. The summed E-state index contributed by atoms with van der Waals surface area (Å²) in [5.74, 6) is 7.26. The number of aromatic nitrogens is 5. The molecular formula is C55H57N5. The lowest BCUT2D eigenvalue weighted by atomic mass is 9.55. The third-order valence-electron chi connectivity index (χ3n) is 15.7. The van der Waals surface area contributed by atoms with Gasteiger partial charge in [0.05, 0.1) is 27.8 Å². The Morgan fingerprint density at radius 2 is 0.967 bits per heavy atom. The highest BCUT2D eigenvalue weighted by molar-refractivity contribution is 6.26. The van der Waals surface area contributed by atoms with Gasteiger partial charge in [-0.25, -0.2) is 15.0 Å². The van der Waals surface area contributed by atoms with Gasteiger partial charge in [-0.05, 0) is 142 Å². The molecule has 0 saturated heterocycles. The first kappa shape index (κ1) is 36.6. The maximum absolute atomic E-state index is 5.83. The van der Waals surface area contributed by atoms with Gasteiger partial charge in [0.2, 0.25) is 0 Å². The van der Waals surface area contributed by atoms with Crippen LogP contribution in [0.5, 0.6) is 0 Å². The van der Waals surface area contributed by atoms with E-state index in [0.717, 1.165) is 40.6 Å². The quantitative estimate of drug-likeness (QED) is 0.175. The third kappa shape index (κ3) is 5.60. The molecule has 3 heterocycles. The van der Waals surface area contributed by atoms with Crippen molar-refractivity contribution in [3.8, 4) is 22.8 Å². The Bertz CT molecular complexity index is 2850. The van der Waals surface area contributed by atoms with E-state index < -0.39 is 0 Å². The lowest BCUT2D eigenvalue weighted by Crippen LogP contribution is -2.46. The highest BCUT2D eigenvalue weighted by Crippen LogP contribution is 2.56. The summed E-state index contributed by atoms with van der Waals surface area (Å²) in [6, 6.07) is 42.5. The summed E-state index contributed by atoms with van der Waals surface area (Å²) < 4.78 is 4.99. The molecule has 5 nitrogen and oxygen atoms in total. The van der Waals surface area contributed by atoms with Gasteiger partial charge >= 0.3 is 0 Å². The maximum atomic E-state index is 5.83. The van der Waals surface area contributed by atoms with E-state index >= 15 is 0 Å². The fourth-order valence-corrected chi connectivity index (χ4v) is 14.4. The number of hydrogen-bond acceptors (Lipinski definition) is 3. The van der Waals surface area contributed by atoms with E-state index in [4.69, 9.17) is 15.0 Å². The highest BCUT2D eigenvalue weighted by Gasteiger charge is 2.51. The highest BCUT2D eigenvalue weighted by atomic mass is 15.1. The summed E-state index contributed by atoms with van der Waals surface area (Å²) in [7, 11) is 0. The molecule has 3 aromatic heterocycles. The minimum absolute atomic E-state index is 0.00371. The molecule has 8 atom stereocenters. The Kier molecular flexibility index (Phi) is 8.29. The summed E-state index contributed by atoms with van der Waals surface area (Å²) in [6.45, 7) is 9.95. The first-order valence-electron chi connectivity index (χ1n) is 23.1. The molecule has 5 heteroatoms. The molecule has 4 fully saturated rings. The first-order valence-corrected chi connectivity index (χ1v) is 23.1. The van der Waals surface area contributed by atoms with E-state index in [-0.39, 0.29) is 10.8 Å². The van der Waals surface area contributed by atoms with Gasteiger partial charge < -0.3 is 9.13 Å². The number of fused-ring (bicyclic) bond motifs is 11. The largest absolute Gasteiger partial charge is 0.309 e. The lowest BCUT2D eigenvalue weighted by Gasteiger charge is -2.50. The Hall–Kier alpha value is -5.29. The second-order valence-electron chi connectivity index (χ2n) is 20.6. The van der Waals surface area contributed by atoms with Gasteiger partial charge in [0.25, 0.3) is 0 Å². The van der Waals surface area contributed by atoms with Crippen LogP contribution in [0, 0.1) is 35.5 Å². The second kappa shape index (κ2) is 13.6. The van der Waals surface area contributed by atoms with E-state index in [9.17, 15) is 0 Å². The van der Waals surface area contributed by atoms with E-state index in [1.165, 1.54) is 114 Å². The van der Waals surface area contributed by atoms with Crippen molar-refractivity contribution in [2.75, 3.05) is 0 Å². The predicted octanol–water partition coefficient (Wildman–Crippen LogP) is 13.9. The van der Waals surface area contributed by atoms with Gasteiger partial charge in [-0.2, -0.15) is 0 Å². The number of nitrogens with zero attached hydrogens (tertiary/aromatic N) is 5. The molecular weight excluding hydrogens is 731 g/mol. The summed E-state index contributed by atoms with van der Waals surface area (Å²) in [5, 5.41) is 5.04. The number of para-hydroxylation sites is 4. The fourth-order valence-electron chi connectivity index (χ4n) is 14.4. The summed E-state index contributed by atoms with van der Waals surface area (Å²) in [5.41, 5.74) is 8.23. The van der Waals surface area contributed by atoms with Crippen LogP contribution >= 0.6 is 0 Å². The van der Waals surface area contributed by atoms with Crippen molar-refractivity contribution in [3.63, 3.8) is 0 Å². The Labute approximate surface area is 354 Å². The molecule has 0 radical (unpaired) electrons. The first-order chi connectivity index (χ1) is 29.3. The van der Waals surface area contributed by atoms with Crippen molar-refractivity contribution < 1.29 is 0 Å². The third-order valence-corrected chi connectivity index (χ3v) is 15.7. The van der Waals surface area contributed by atoms with Crippen molar-refractivity contribution in [2.24, 2.45) is 35.5 Å². The van der Waals surface area contributed by atoms with Crippen LogP contribution in [0.4, 0.5) is 0 Å². The molecule has 5 aromatic carbocycles. The minimum atomic E-state index is -0.00371. The van der Waals surface area contributed by atoms with E-state index in [1.807, 2.05) is 0 Å². The van der Waals surface area contributed by atoms with Gasteiger partial charge in [-0.1, -0.05) is 100 Å². The molecule has 12 rings (SSSR count).